The first-order valence-corrected chi connectivity index (χ1v) is 16.7. The van der Waals surface area contributed by atoms with Crippen molar-refractivity contribution < 1.29 is 20.1 Å². The fourth-order valence-corrected chi connectivity index (χ4v) is 7.68. The minimum absolute atomic E-state index is 0.00346. The first-order valence-electron chi connectivity index (χ1n) is 16.7. The molecule has 5 N–H and O–H groups in total. The van der Waals surface area contributed by atoms with E-state index >= 15 is 0 Å². The van der Waals surface area contributed by atoms with Crippen molar-refractivity contribution in [2.45, 2.75) is 95.2 Å². The van der Waals surface area contributed by atoms with Crippen molar-refractivity contribution in [3.8, 4) is 23.3 Å². The molecular weight excluding hydrogens is 562 g/mol. The number of nitrogens with zero attached hydrogens (tertiary/aromatic N) is 2. The lowest BCUT2D eigenvalue weighted by Crippen LogP contribution is -2.37. The van der Waals surface area contributed by atoms with Crippen LogP contribution in [0.4, 0.5) is 5.82 Å². The van der Waals surface area contributed by atoms with Gasteiger partial charge in [-0.3, -0.25) is 0 Å². The fourth-order valence-electron chi connectivity index (χ4n) is 7.68. The molecule has 7 nitrogen and oxygen atoms in total. The van der Waals surface area contributed by atoms with Crippen LogP contribution in [0.15, 0.2) is 60.4 Å². The van der Waals surface area contributed by atoms with Crippen molar-refractivity contribution in [1.82, 2.24) is 9.97 Å². The molecular formula is C38H46N3O4-. The van der Waals surface area contributed by atoms with Gasteiger partial charge in [0, 0.05) is 29.9 Å². The van der Waals surface area contributed by atoms with Gasteiger partial charge in [-0.1, -0.05) is 55.4 Å². The second-order valence-electron chi connectivity index (χ2n) is 13.1. The van der Waals surface area contributed by atoms with Crippen LogP contribution in [0.25, 0.3) is 0 Å². The molecule has 0 amide bonds. The Bertz CT molecular complexity index is 1540. The van der Waals surface area contributed by atoms with E-state index in [2.05, 4.69) is 34.8 Å². The summed E-state index contributed by atoms with van der Waals surface area (Å²) in [6.45, 7) is 2.59. The molecule has 6 rings (SSSR count). The minimum Gasteiger partial charge on any atom is -0.668 e. The molecule has 0 fully saturated rings. The zero-order chi connectivity index (χ0) is 31.3. The standard InChI is InChI=1S/C38H46N3O4/c1-2-24-6-3-4-8-33(42)38-29(10-9-24)18-27-11-12-28-20-34(43)36(23-32(28)31(27)22-35(38)44)45-17-14-26(19-30-7-5-15-40-30)25-13-16-41-37(39)21-25/h5,7,13,15-16,18,20-21,23-24,26,29,31,33,35,38,42-44H,2-4,6,8,11-12,14,17,19,22H2,1H3,(H2,39,41)/q-1/t24-,26-,29+,31-,33+,35-,38-/m1/s1. The van der Waals surface area contributed by atoms with Gasteiger partial charge in [0.05, 0.1) is 18.8 Å². The molecule has 2 aromatic heterocycles. The molecule has 0 spiro atoms. The Morgan fingerprint density at radius 1 is 1.09 bits per heavy atom. The zero-order valence-corrected chi connectivity index (χ0v) is 26.2. The van der Waals surface area contributed by atoms with Crippen LogP contribution < -0.4 is 15.5 Å². The number of aliphatic hydroxyl groups is 2. The summed E-state index contributed by atoms with van der Waals surface area (Å²) in [5, 5.41) is 33.9. The largest absolute Gasteiger partial charge is 0.668 e. The van der Waals surface area contributed by atoms with Crippen LogP contribution in [0.3, 0.4) is 0 Å². The van der Waals surface area contributed by atoms with Crippen LogP contribution in [0.5, 0.6) is 11.5 Å². The third kappa shape index (κ3) is 7.24. The lowest BCUT2D eigenvalue weighted by Gasteiger charge is -2.32. The summed E-state index contributed by atoms with van der Waals surface area (Å²) in [5.41, 5.74) is 11.6. The van der Waals surface area contributed by atoms with E-state index in [9.17, 15) is 15.3 Å². The number of hydrogen-bond acceptors (Lipinski definition) is 6. The van der Waals surface area contributed by atoms with Crippen LogP contribution >= 0.6 is 0 Å². The van der Waals surface area contributed by atoms with Gasteiger partial charge in [-0.15, -0.1) is 0 Å². The minimum atomic E-state index is -0.681. The number of fused-ring (bicyclic) bond motifs is 4. The molecule has 3 aliphatic rings. The number of aryl methyl sites for hydroxylation is 1. The number of aliphatic hydroxyl groups excluding tert-OH is 2. The van der Waals surface area contributed by atoms with Gasteiger partial charge in [0.25, 0.3) is 0 Å². The number of aromatic nitrogens is 2. The van der Waals surface area contributed by atoms with Gasteiger partial charge in [-0.25, -0.2) is 4.98 Å². The molecule has 1 aromatic carbocycles. The van der Waals surface area contributed by atoms with Crippen LogP contribution in [0.1, 0.15) is 92.5 Å². The number of nitrogen functional groups attached to an aromatic ring is 1. The number of anilines is 1. The number of ether oxygens (including phenoxy) is 1. The summed E-state index contributed by atoms with van der Waals surface area (Å²) in [6.07, 6.45) is 13.0. The van der Waals surface area contributed by atoms with E-state index in [1.807, 2.05) is 36.4 Å². The second kappa shape index (κ2) is 14.1. The summed E-state index contributed by atoms with van der Waals surface area (Å²) in [6, 6.07) is 11.7. The van der Waals surface area contributed by atoms with E-state index in [4.69, 9.17) is 10.5 Å². The first kappa shape index (κ1) is 31.3. The summed E-state index contributed by atoms with van der Waals surface area (Å²) in [7, 11) is 0. The van der Waals surface area contributed by atoms with Crippen molar-refractivity contribution in [2.75, 3.05) is 12.3 Å². The molecule has 0 radical (unpaired) electrons. The highest BCUT2D eigenvalue weighted by molar-refractivity contribution is 5.52. The number of phenols is 1. The highest BCUT2D eigenvalue weighted by atomic mass is 16.5. The molecule has 3 aromatic rings. The van der Waals surface area contributed by atoms with E-state index in [0.717, 1.165) is 67.3 Å². The second-order valence-corrected chi connectivity index (χ2v) is 13.1. The van der Waals surface area contributed by atoms with Crippen molar-refractivity contribution in [3.63, 3.8) is 0 Å². The van der Waals surface area contributed by atoms with Crippen LogP contribution in [-0.2, 0) is 12.8 Å². The summed E-state index contributed by atoms with van der Waals surface area (Å²) in [5.74, 6) is 8.11. The molecule has 0 aliphatic heterocycles. The predicted octanol–water partition coefficient (Wildman–Crippen LogP) is 6.04. The number of aromatic hydroxyl groups is 1. The van der Waals surface area contributed by atoms with Crippen molar-refractivity contribution >= 4 is 5.82 Å². The third-order valence-electron chi connectivity index (χ3n) is 10.2. The number of pyridine rings is 1. The summed E-state index contributed by atoms with van der Waals surface area (Å²) in [4.78, 5) is 8.62. The lowest BCUT2D eigenvalue weighted by molar-refractivity contribution is -0.00724. The maximum atomic E-state index is 11.6. The highest BCUT2D eigenvalue weighted by Crippen LogP contribution is 2.47. The van der Waals surface area contributed by atoms with Crippen LogP contribution in [0, 0.1) is 29.6 Å². The van der Waals surface area contributed by atoms with Gasteiger partial charge >= 0.3 is 0 Å². The molecule has 45 heavy (non-hydrogen) atoms. The maximum absolute atomic E-state index is 11.6. The van der Waals surface area contributed by atoms with Gasteiger partial charge in [0.15, 0.2) is 11.5 Å². The van der Waals surface area contributed by atoms with E-state index < -0.39 is 12.2 Å². The zero-order valence-electron chi connectivity index (χ0n) is 26.2. The fraction of sp³-hybridized carbons (Fsp3) is 0.500. The average Bonchev–Trinajstić information content (AvgIpc) is 3.49. The molecule has 7 heteroatoms. The normalized spacial score (nSPS) is 27.0. The molecule has 0 saturated carbocycles. The van der Waals surface area contributed by atoms with Gasteiger partial charge in [-0.05, 0) is 98.2 Å². The quantitative estimate of drug-likeness (QED) is 0.182. The summed E-state index contributed by atoms with van der Waals surface area (Å²) >= 11 is 0. The maximum Gasteiger partial charge on any atom is 0.161 e. The molecule has 7 atom stereocenters. The predicted molar refractivity (Wildman–Crippen MR) is 176 cm³/mol. The Labute approximate surface area is 266 Å². The number of nitrogens with two attached hydrogens (primary N) is 1. The van der Waals surface area contributed by atoms with Crippen molar-refractivity contribution in [1.29, 1.82) is 0 Å². The third-order valence-corrected chi connectivity index (χ3v) is 10.2. The Morgan fingerprint density at radius 2 is 1.96 bits per heavy atom. The Balaban J connectivity index is 1.23. The monoisotopic (exact) mass is 608 g/mol. The van der Waals surface area contributed by atoms with Gasteiger partial charge < -0.3 is 30.8 Å². The number of phenolic OH excluding ortho intramolecular Hbond substituents is 1. The molecule has 2 heterocycles. The molecule has 238 valence electrons. The number of hydrogen-bond donors (Lipinski definition) is 4. The smallest absolute Gasteiger partial charge is 0.161 e. The number of allylic oxidation sites excluding steroid dienone is 2. The van der Waals surface area contributed by atoms with Crippen molar-refractivity contribution in [2.24, 2.45) is 17.8 Å². The Morgan fingerprint density at radius 3 is 2.76 bits per heavy atom. The van der Waals surface area contributed by atoms with Gasteiger partial charge in [0.1, 0.15) is 5.82 Å². The number of benzene rings is 1. The van der Waals surface area contributed by atoms with E-state index in [1.165, 1.54) is 5.57 Å². The van der Waals surface area contributed by atoms with E-state index in [1.54, 1.807) is 12.4 Å². The molecule has 0 unspecified atom stereocenters. The SMILES string of the molecule is CC[C@H]1C#C[C@H]2C=C3CCc4cc(O)c(OCC[C@H](Cc5ccc[n-]5)c5ccnc(N)c5)cc4[C@@H]3C[C@@H](O)[C@H]2[C@@H](O)CCCC1. The van der Waals surface area contributed by atoms with Crippen molar-refractivity contribution in [3.05, 3.63) is 82.8 Å². The van der Waals surface area contributed by atoms with Gasteiger partial charge in [0.2, 0.25) is 0 Å². The highest BCUT2D eigenvalue weighted by Gasteiger charge is 2.40. The Kier molecular flexibility index (Phi) is 9.82. The van der Waals surface area contributed by atoms with E-state index in [-0.39, 0.29) is 29.4 Å². The molecule has 3 aliphatic carbocycles. The number of rotatable bonds is 8. The topological polar surface area (TPSA) is 123 Å². The average molecular weight is 609 g/mol. The van der Waals surface area contributed by atoms with E-state index in [0.29, 0.717) is 43.4 Å². The van der Waals surface area contributed by atoms with Gasteiger partial charge in [-0.2, -0.15) is 11.9 Å². The molecule has 0 saturated heterocycles. The summed E-state index contributed by atoms with van der Waals surface area (Å²) < 4.78 is 6.28. The Hall–Kier alpha value is -3.73. The molecule has 0 bridgehead atoms. The lowest BCUT2D eigenvalue weighted by atomic mass is 9.76. The first-order chi connectivity index (χ1) is 21.9. The van der Waals surface area contributed by atoms with Crippen LogP contribution in [-0.4, -0.2) is 39.1 Å². The van der Waals surface area contributed by atoms with Crippen LogP contribution in [0.2, 0.25) is 0 Å².